The van der Waals surface area contributed by atoms with Crippen molar-refractivity contribution in [1.29, 1.82) is 0 Å². The van der Waals surface area contributed by atoms with Gasteiger partial charge in [-0.05, 0) is 29.8 Å². The number of halogens is 1. The minimum absolute atomic E-state index is 0.0120. The lowest BCUT2D eigenvalue weighted by Gasteiger charge is -2.20. The molecule has 0 aliphatic rings. The summed E-state index contributed by atoms with van der Waals surface area (Å²) in [5.74, 6) is 0. The Morgan fingerprint density at radius 1 is 1.30 bits per heavy atom. The Balaban J connectivity index is 2.14. The number of aromatic nitrogens is 2. The van der Waals surface area contributed by atoms with Gasteiger partial charge in [0.1, 0.15) is 11.9 Å². The van der Waals surface area contributed by atoms with E-state index in [0.717, 1.165) is 15.4 Å². The molecule has 6 nitrogen and oxygen atoms in total. The van der Waals surface area contributed by atoms with Crippen LogP contribution in [-0.2, 0) is 6.54 Å². The van der Waals surface area contributed by atoms with Crippen LogP contribution in [0.4, 0.5) is 11.4 Å². The van der Waals surface area contributed by atoms with Crippen molar-refractivity contribution in [2.75, 3.05) is 11.9 Å². The largest absolute Gasteiger partial charge is 0.364 e. The molecule has 0 spiro atoms. The normalized spacial score (nSPS) is 10.7. The van der Waals surface area contributed by atoms with Crippen molar-refractivity contribution in [2.45, 2.75) is 6.54 Å². The van der Waals surface area contributed by atoms with Crippen LogP contribution in [0.3, 0.4) is 0 Å². The SMILES string of the molecule is CN(Cc1cccnc1)c1c([N+](=O)[O-])cnc2ccc(Br)cc12. The Morgan fingerprint density at radius 2 is 2.13 bits per heavy atom. The minimum Gasteiger partial charge on any atom is -0.364 e. The molecule has 0 aliphatic carbocycles. The zero-order chi connectivity index (χ0) is 16.4. The molecule has 0 N–H and O–H groups in total. The average Bonchev–Trinajstić information content (AvgIpc) is 2.54. The van der Waals surface area contributed by atoms with E-state index in [1.807, 2.05) is 42.3 Å². The molecule has 0 aliphatic heterocycles. The van der Waals surface area contributed by atoms with Crippen molar-refractivity contribution in [3.63, 3.8) is 0 Å². The molecule has 0 radical (unpaired) electrons. The summed E-state index contributed by atoms with van der Waals surface area (Å²) in [5, 5.41) is 12.2. The van der Waals surface area contributed by atoms with Crippen molar-refractivity contribution in [2.24, 2.45) is 0 Å². The molecular formula is C16H13BrN4O2. The molecule has 3 aromatic rings. The molecule has 0 unspecified atom stereocenters. The predicted molar refractivity (Wildman–Crippen MR) is 92.4 cm³/mol. The van der Waals surface area contributed by atoms with Crippen molar-refractivity contribution >= 4 is 38.2 Å². The van der Waals surface area contributed by atoms with Gasteiger partial charge in [0.15, 0.2) is 0 Å². The Morgan fingerprint density at radius 3 is 2.83 bits per heavy atom. The lowest BCUT2D eigenvalue weighted by molar-refractivity contribution is -0.384. The maximum atomic E-state index is 11.4. The van der Waals surface area contributed by atoms with E-state index in [0.29, 0.717) is 17.7 Å². The van der Waals surface area contributed by atoms with E-state index in [2.05, 4.69) is 25.9 Å². The second-order valence-corrected chi connectivity index (χ2v) is 6.04. The third-order valence-corrected chi connectivity index (χ3v) is 4.00. The number of hydrogen-bond donors (Lipinski definition) is 0. The van der Waals surface area contributed by atoms with E-state index >= 15 is 0 Å². The molecule has 0 atom stereocenters. The Labute approximate surface area is 141 Å². The van der Waals surface area contributed by atoms with Crippen LogP contribution in [0.15, 0.2) is 53.4 Å². The standard InChI is InChI=1S/C16H13BrN4O2/c1-20(10-11-3-2-6-18-8-11)16-13-7-12(17)4-5-14(13)19-9-15(16)21(22)23/h2-9H,10H2,1H3. The fourth-order valence-electron chi connectivity index (χ4n) is 2.52. The first-order chi connectivity index (χ1) is 11.1. The molecule has 0 saturated heterocycles. The molecule has 3 rings (SSSR count). The predicted octanol–water partition coefficient (Wildman–Crippen LogP) is 3.94. The molecule has 7 heteroatoms. The molecule has 0 fully saturated rings. The Hall–Kier alpha value is -2.54. The zero-order valence-corrected chi connectivity index (χ0v) is 13.9. The van der Waals surface area contributed by atoms with Gasteiger partial charge in [-0.2, -0.15) is 0 Å². The van der Waals surface area contributed by atoms with Crippen LogP contribution in [0.1, 0.15) is 5.56 Å². The van der Waals surface area contributed by atoms with Crippen LogP contribution < -0.4 is 4.90 Å². The Kier molecular flexibility index (Phi) is 4.20. The molecule has 1 aromatic carbocycles. The molecule has 0 amide bonds. The summed E-state index contributed by atoms with van der Waals surface area (Å²) in [6.07, 6.45) is 4.76. The van der Waals surface area contributed by atoms with Gasteiger partial charge in [-0.3, -0.25) is 15.1 Å². The first kappa shape index (κ1) is 15.4. The monoisotopic (exact) mass is 372 g/mol. The quantitative estimate of drug-likeness (QED) is 0.512. The number of nitro groups is 1. The maximum Gasteiger partial charge on any atom is 0.311 e. The van der Waals surface area contributed by atoms with E-state index in [-0.39, 0.29) is 5.69 Å². The molecular weight excluding hydrogens is 360 g/mol. The van der Waals surface area contributed by atoms with Crippen molar-refractivity contribution < 1.29 is 4.92 Å². The molecule has 0 bridgehead atoms. The van der Waals surface area contributed by atoms with Gasteiger partial charge in [-0.1, -0.05) is 22.0 Å². The third-order valence-electron chi connectivity index (χ3n) is 3.50. The van der Waals surface area contributed by atoms with Gasteiger partial charge < -0.3 is 4.90 Å². The summed E-state index contributed by atoms with van der Waals surface area (Å²) in [6.45, 7) is 0.514. The van der Waals surface area contributed by atoms with Crippen molar-refractivity contribution in [3.05, 3.63) is 69.1 Å². The highest BCUT2D eigenvalue weighted by Gasteiger charge is 2.21. The van der Waals surface area contributed by atoms with Crippen LogP contribution in [0.25, 0.3) is 10.9 Å². The summed E-state index contributed by atoms with van der Waals surface area (Å²) < 4.78 is 0.850. The first-order valence-electron chi connectivity index (χ1n) is 6.89. The van der Waals surface area contributed by atoms with Gasteiger partial charge in [-0.25, -0.2) is 4.98 Å². The lowest BCUT2D eigenvalue weighted by Crippen LogP contribution is -2.18. The van der Waals surface area contributed by atoms with Crippen LogP contribution in [0.2, 0.25) is 0 Å². The van der Waals surface area contributed by atoms with Gasteiger partial charge in [-0.15, -0.1) is 0 Å². The van der Waals surface area contributed by atoms with E-state index in [9.17, 15) is 10.1 Å². The fourth-order valence-corrected chi connectivity index (χ4v) is 2.88. The number of fused-ring (bicyclic) bond motifs is 1. The van der Waals surface area contributed by atoms with Crippen LogP contribution >= 0.6 is 15.9 Å². The first-order valence-corrected chi connectivity index (χ1v) is 7.68. The van der Waals surface area contributed by atoms with E-state index in [4.69, 9.17) is 0 Å². The van der Waals surface area contributed by atoms with E-state index < -0.39 is 4.92 Å². The molecule has 116 valence electrons. The number of nitrogens with zero attached hydrogens (tertiary/aromatic N) is 4. The van der Waals surface area contributed by atoms with Crippen molar-refractivity contribution in [3.8, 4) is 0 Å². The molecule has 2 heterocycles. The van der Waals surface area contributed by atoms with Gasteiger partial charge in [0.05, 0.1) is 10.4 Å². The van der Waals surface area contributed by atoms with Crippen molar-refractivity contribution in [1.82, 2.24) is 9.97 Å². The van der Waals surface area contributed by atoms with Crippen LogP contribution in [0, 0.1) is 10.1 Å². The number of hydrogen-bond acceptors (Lipinski definition) is 5. The van der Waals surface area contributed by atoms with Gasteiger partial charge in [0.25, 0.3) is 0 Å². The average molecular weight is 373 g/mol. The van der Waals surface area contributed by atoms with Gasteiger partial charge in [0.2, 0.25) is 0 Å². The second-order valence-electron chi connectivity index (χ2n) is 5.13. The van der Waals surface area contributed by atoms with Gasteiger partial charge >= 0.3 is 5.69 Å². The number of pyridine rings is 2. The fraction of sp³-hybridized carbons (Fsp3) is 0.125. The summed E-state index contributed by atoms with van der Waals surface area (Å²) in [7, 11) is 1.83. The summed E-state index contributed by atoms with van der Waals surface area (Å²) in [5.41, 5.74) is 2.23. The van der Waals surface area contributed by atoms with Crippen LogP contribution in [0.5, 0.6) is 0 Å². The lowest BCUT2D eigenvalue weighted by atomic mass is 10.1. The number of rotatable bonds is 4. The summed E-state index contributed by atoms with van der Waals surface area (Å²) in [4.78, 5) is 21.2. The number of anilines is 1. The maximum absolute atomic E-state index is 11.4. The highest BCUT2D eigenvalue weighted by molar-refractivity contribution is 9.10. The second kappa shape index (κ2) is 6.29. The topological polar surface area (TPSA) is 72.2 Å². The van der Waals surface area contributed by atoms with Crippen LogP contribution in [-0.4, -0.2) is 21.9 Å². The third kappa shape index (κ3) is 3.14. The zero-order valence-electron chi connectivity index (χ0n) is 12.3. The molecule has 0 saturated carbocycles. The molecule has 2 aromatic heterocycles. The number of benzene rings is 1. The highest BCUT2D eigenvalue weighted by atomic mass is 79.9. The Bertz CT molecular complexity index is 871. The van der Waals surface area contributed by atoms with E-state index in [1.54, 1.807) is 12.4 Å². The summed E-state index contributed by atoms with van der Waals surface area (Å²) in [6, 6.07) is 9.34. The van der Waals surface area contributed by atoms with E-state index in [1.165, 1.54) is 6.20 Å². The summed E-state index contributed by atoms with van der Waals surface area (Å²) >= 11 is 3.42. The van der Waals surface area contributed by atoms with Gasteiger partial charge in [0, 0.05) is 35.8 Å². The highest BCUT2D eigenvalue weighted by Crippen LogP contribution is 2.36. The smallest absolute Gasteiger partial charge is 0.311 e. The molecule has 23 heavy (non-hydrogen) atoms. The minimum atomic E-state index is -0.400.